The molecule has 1 aromatic carbocycles. The van der Waals surface area contributed by atoms with Gasteiger partial charge >= 0.3 is 0 Å². The van der Waals surface area contributed by atoms with Crippen LogP contribution < -0.4 is 5.32 Å². The number of rotatable bonds is 3. The zero-order valence-corrected chi connectivity index (χ0v) is 9.58. The molecule has 0 bridgehead atoms. The van der Waals surface area contributed by atoms with E-state index in [1.807, 2.05) is 0 Å². The monoisotopic (exact) mass is 203 g/mol. The van der Waals surface area contributed by atoms with E-state index in [1.54, 1.807) is 0 Å². The summed E-state index contributed by atoms with van der Waals surface area (Å²) in [5, 5.41) is 3.49. The van der Waals surface area contributed by atoms with Gasteiger partial charge in [-0.15, -0.1) is 0 Å². The molecule has 1 fully saturated rings. The molecular formula is C14H21N. The van der Waals surface area contributed by atoms with Gasteiger partial charge in [-0.2, -0.15) is 0 Å². The van der Waals surface area contributed by atoms with Crippen molar-refractivity contribution in [2.45, 2.75) is 32.1 Å². The average Bonchev–Trinajstić information content (AvgIpc) is 2.31. The van der Waals surface area contributed by atoms with Gasteiger partial charge in [0.05, 0.1) is 0 Å². The van der Waals surface area contributed by atoms with Crippen LogP contribution in [-0.4, -0.2) is 13.1 Å². The fourth-order valence-electron chi connectivity index (χ4n) is 2.54. The van der Waals surface area contributed by atoms with Crippen molar-refractivity contribution < 1.29 is 0 Å². The van der Waals surface area contributed by atoms with E-state index in [2.05, 4.69) is 42.6 Å². The minimum Gasteiger partial charge on any atom is -0.316 e. The first-order valence-corrected chi connectivity index (χ1v) is 6.12. The van der Waals surface area contributed by atoms with Crippen LogP contribution in [0.1, 0.15) is 37.7 Å². The Morgan fingerprint density at radius 1 is 1.33 bits per heavy atom. The highest BCUT2D eigenvalue weighted by atomic mass is 14.9. The molecule has 0 amide bonds. The molecule has 0 aliphatic carbocycles. The van der Waals surface area contributed by atoms with Crippen LogP contribution in [0.3, 0.4) is 0 Å². The molecule has 1 heterocycles. The number of hydrogen-bond donors (Lipinski definition) is 1. The van der Waals surface area contributed by atoms with Gasteiger partial charge in [0.1, 0.15) is 0 Å². The van der Waals surface area contributed by atoms with Crippen molar-refractivity contribution in [3.8, 4) is 0 Å². The standard InChI is InChI=1S/C14H21N/c1-12(14-7-3-2-4-8-14)10-13-6-5-9-15-11-13/h2-4,7-8,12-13,15H,5-6,9-11H2,1H3/t12-,13-/m1/s1. The number of nitrogens with one attached hydrogen (secondary N) is 1. The summed E-state index contributed by atoms with van der Waals surface area (Å²) in [5.41, 5.74) is 1.49. The molecule has 0 unspecified atom stereocenters. The van der Waals surface area contributed by atoms with Crippen LogP contribution in [-0.2, 0) is 0 Å². The smallest absolute Gasteiger partial charge is 0.00203 e. The molecule has 82 valence electrons. The topological polar surface area (TPSA) is 12.0 Å². The highest BCUT2D eigenvalue weighted by Gasteiger charge is 2.16. The molecule has 0 saturated carbocycles. The summed E-state index contributed by atoms with van der Waals surface area (Å²) >= 11 is 0. The van der Waals surface area contributed by atoms with Crippen LogP contribution in [0, 0.1) is 5.92 Å². The Balaban J connectivity index is 1.88. The zero-order chi connectivity index (χ0) is 10.5. The van der Waals surface area contributed by atoms with Crippen molar-refractivity contribution in [1.82, 2.24) is 5.32 Å². The Kier molecular flexibility index (Phi) is 3.79. The van der Waals surface area contributed by atoms with Gasteiger partial charge in [-0.3, -0.25) is 0 Å². The first kappa shape index (κ1) is 10.7. The molecule has 1 aliphatic rings. The lowest BCUT2D eigenvalue weighted by atomic mass is 9.86. The minimum atomic E-state index is 0.705. The molecular weight excluding hydrogens is 182 g/mol. The number of hydrogen-bond acceptors (Lipinski definition) is 1. The Labute approximate surface area is 92.9 Å². The second-order valence-electron chi connectivity index (χ2n) is 4.76. The molecule has 0 radical (unpaired) electrons. The van der Waals surface area contributed by atoms with E-state index < -0.39 is 0 Å². The first-order valence-electron chi connectivity index (χ1n) is 6.12. The van der Waals surface area contributed by atoms with Gasteiger partial charge in [-0.05, 0) is 49.8 Å². The van der Waals surface area contributed by atoms with E-state index in [0.29, 0.717) is 5.92 Å². The largest absolute Gasteiger partial charge is 0.316 e. The Bertz CT molecular complexity index is 275. The van der Waals surface area contributed by atoms with Crippen molar-refractivity contribution in [1.29, 1.82) is 0 Å². The Morgan fingerprint density at radius 2 is 2.13 bits per heavy atom. The number of benzene rings is 1. The molecule has 0 spiro atoms. The van der Waals surface area contributed by atoms with Gasteiger partial charge in [0, 0.05) is 0 Å². The molecule has 1 N–H and O–H groups in total. The van der Waals surface area contributed by atoms with Crippen molar-refractivity contribution >= 4 is 0 Å². The van der Waals surface area contributed by atoms with Crippen LogP contribution in [0.25, 0.3) is 0 Å². The van der Waals surface area contributed by atoms with Crippen LogP contribution in [0.4, 0.5) is 0 Å². The normalized spacial score (nSPS) is 23.7. The van der Waals surface area contributed by atoms with Gasteiger partial charge < -0.3 is 5.32 Å². The van der Waals surface area contributed by atoms with Crippen molar-refractivity contribution in [2.75, 3.05) is 13.1 Å². The predicted octanol–water partition coefficient (Wildman–Crippen LogP) is 3.18. The van der Waals surface area contributed by atoms with Crippen molar-refractivity contribution in [3.05, 3.63) is 35.9 Å². The summed E-state index contributed by atoms with van der Waals surface area (Å²) in [6, 6.07) is 10.9. The molecule has 0 aromatic heterocycles. The highest BCUT2D eigenvalue weighted by molar-refractivity contribution is 5.18. The van der Waals surface area contributed by atoms with Crippen LogP contribution in [0.15, 0.2) is 30.3 Å². The number of piperidine rings is 1. The molecule has 2 rings (SSSR count). The summed E-state index contributed by atoms with van der Waals surface area (Å²) in [6.45, 7) is 4.79. The van der Waals surface area contributed by atoms with Gasteiger partial charge in [0.15, 0.2) is 0 Å². The third-order valence-corrected chi connectivity index (χ3v) is 3.45. The van der Waals surface area contributed by atoms with E-state index in [-0.39, 0.29) is 0 Å². The van der Waals surface area contributed by atoms with E-state index in [9.17, 15) is 0 Å². The lowest BCUT2D eigenvalue weighted by Gasteiger charge is -2.25. The Morgan fingerprint density at radius 3 is 2.80 bits per heavy atom. The molecule has 2 atom stereocenters. The van der Waals surface area contributed by atoms with Crippen LogP contribution in [0.5, 0.6) is 0 Å². The molecule has 1 saturated heterocycles. The summed E-state index contributed by atoms with van der Waals surface area (Å²) in [7, 11) is 0. The third kappa shape index (κ3) is 3.07. The van der Waals surface area contributed by atoms with E-state index in [0.717, 1.165) is 5.92 Å². The summed E-state index contributed by atoms with van der Waals surface area (Å²) in [4.78, 5) is 0. The second-order valence-corrected chi connectivity index (χ2v) is 4.76. The lowest BCUT2D eigenvalue weighted by Crippen LogP contribution is -2.30. The van der Waals surface area contributed by atoms with Crippen LogP contribution in [0.2, 0.25) is 0 Å². The first-order chi connectivity index (χ1) is 7.36. The quantitative estimate of drug-likeness (QED) is 0.795. The van der Waals surface area contributed by atoms with Gasteiger partial charge in [-0.25, -0.2) is 0 Å². The van der Waals surface area contributed by atoms with Crippen molar-refractivity contribution in [2.24, 2.45) is 5.92 Å². The maximum absolute atomic E-state index is 3.49. The molecule has 1 aliphatic heterocycles. The van der Waals surface area contributed by atoms with E-state index >= 15 is 0 Å². The van der Waals surface area contributed by atoms with E-state index in [4.69, 9.17) is 0 Å². The third-order valence-electron chi connectivity index (χ3n) is 3.45. The maximum atomic E-state index is 3.49. The van der Waals surface area contributed by atoms with Crippen LogP contribution >= 0.6 is 0 Å². The van der Waals surface area contributed by atoms with Crippen molar-refractivity contribution in [3.63, 3.8) is 0 Å². The average molecular weight is 203 g/mol. The lowest BCUT2D eigenvalue weighted by molar-refractivity contribution is 0.340. The van der Waals surface area contributed by atoms with E-state index in [1.165, 1.54) is 37.9 Å². The fraction of sp³-hybridized carbons (Fsp3) is 0.571. The summed E-state index contributed by atoms with van der Waals surface area (Å²) in [6.07, 6.45) is 4.09. The van der Waals surface area contributed by atoms with Gasteiger partial charge in [0.25, 0.3) is 0 Å². The van der Waals surface area contributed by atoms with Gasteiger partial charge in [-0.1, -0.05) is 37.3 Å². The molecule has 1 heteroatoms. The zero-order valence-electron chi connectivity index (χ0n) is 9.58. The van der Waals surface area contributed by atoms with Gasteiger partial charge in [0.2, 0.25) is 0 Å². The molecule has 1 nitrogen and oxygen atoms in total. The second kappa shape index (κ2) is 5.32. The molecule has 1 aromatic rings. The highest BCUT2D eigenvalue weighted by Crippen LogP contribution is 2.26. The fourth-order valence-corrected chi connectivity index (χ4v) is 2.54. The molecule has 15 heavy (non-hydrogen) atoms. The predicted molar refractivity (Wildman–Crippen MR) is 65.1 cm³/mol. The summed E-state index contributed by atoms with van der Waals surface area (Å²) in [5.74, 6) is 1.59. The SMILES string of the molecule is C[C@H](C[C@H]1CCCNC1)c1ccccc1. The maximum Gasteiger partial charge on any atom is -0.00203 e. The minimum absolute atomic E-state index is 0.705. The summed E-state index contributed by atoms with van der Waals surface area (Å²) < 4.78 is 0. The Hall–Kier alpha value is -0.820.